The molecule has 2 rings (SSSR count). The van der Waals surface area contributed by atoms with Gasteiger partial charge in [0.2, 0.25) is 0 Å². The molecule has 0 fully saturated rings. The lowest BCUT2D eigenvalue weighted by atomic mass is 10.2. The van der Waals surface area contributed by atoms with Crippen molar-refractivity contribution in [2.24, 2.45) is 0 Å². The van der Waals surface area contributed by atoms with Gasteiger partial charge in [-0.05, 0) is 49.4 Å². The Kier molecular flexibility index (Phi) is 5.06. The van der Waals surface area contributed by atoms with Gasteiger partial charge in [-0.25, -0.2) is 0 Å². The second-order valence-electron chi connectivity index (χ2n) is 4.44. The van der Waals surface area contributed by atoms with Crippen molar-refractivity contribution < 1.29 is 14.3 Å². The smallest absolute Gasteiger partial charge is 0.265 e. The van der Waals surface area contributed by atoms with Gasteiger partial charge in [0.1, 0.15) is 11.5 Å². The van der Waals surface area contributed by atoms with Crippen molar-refractivity contribution in [1.82, 2.24) is 0 Å². The van der Waals surface area contributed by atoms with Crippen molar-refractivity contribution in [2.45, 2.75) is 13.0 Å². The number of carbonyl (C=O) groups is 1. The Morgan fingerprint density at radius 3 is 2.48 bits per heavy atom. The minimum absolute atomic E-state index is 0.236. The molecule has 110 valence electrons. The molecular weight excluding hydrogens is 290 g/mol. The largest absolute Gasteiger partial charge is 0.497 e. The zero-order valence-electron chi connectivity index (χ0n) is 11.8. The zero-order chi connectivity index (χ0) is 15.2. The van der Waals surface area contributed by atoms with Crippen molar-refractivity contribution in [3.63, 3.8) is 0 Å². The van der Waals surface area contributed by atoms with Gasteiger partial charge in [-0.1, -0.05) is 17.7 Å². The molecule has 1 atom stereocenters. The van der Waals surface area contributed by atoms with Gasteiger partial charge in [-0.2, -0.15) is 0 Å². The van der Waals surface area contributed by atoms with Crippen molar-refractivity contribution in [1.29, 1.82) is 0 Å². The van der Waals surface area contributed by atoms with Crippen LogP contribution in [0.5, 0.6) is 11.5 Å². The molecule has 0 aliphatic rings. The van der Waals surface area contributed by atoms with Crippen LogP contribution in [0.25, 0.3) is 0 Å². The molecule has 1 N–H and O–H groups in total. The van der Waals surface area contributed by atoms with E-state index in [0.717, 1.165) is 5.75 Å². The molecule has 1 amide bonds. The summed E-state index contributed by atoms with van der Waals surface area (Å²) >= 11 is 5.87. The van der Waals surface area contributed by atoms with Crippen LogP contribution in [0.2, 0.25) is 5.02 Å². The van der Waals surface area contributed by atoms with Crippen LogP contribution in [0.1, 0.15) is 6.92 Å². The van der Waals surface area contributed by atoms with Gasteiger partial charge in [-0.3, -0.25) is 4.79 Å². The van der Waals surface area contributed by atoms with E-state index < -0.39 is 6.10 Å². The van der Waals surface area contributed by atoms with Gasteiger partial charge in [0, 0.05) is 10.7 Å². The van der Waals surface area contributed by atoms with Gasteiger partial charge in [0.15, 0.2) is 6.10 Å². The molecule has 0 radical (unpaired) electrons. The van der Waals surface area contributed by atoms with Crippen LogP contribution < -0.4 is 14.8 Å². The average Bonchev–Trinajstić information content (AvgIpc) is 2.48. The van der Waals surface area contributed by atoms with E-state index in [-0.39, 0.29) is 5.91 Å². The van der Waals surface area contributed by atoms with Gasteiger partial charge in [-0.15, -0.1) is 0 Å². The van der Waals surface area contributed by atoms with Crippen LogP contribution in [-0.2, 0) is 4.79 Å². The van der Waals surface area contributed by atoms with E-state index >= 15 is 0 Å². The van der Waals surface area contributed by atoms with Crippen LogP contribution in [0.3, 0.4) is 0 Å². The first kappa shape index (κ1) is 15.2. The fourth-order valence-electron chi connectivity index (χ4n) is 1.72. The molecule has 0 aliphatic carbocycles. The summed E-state index contributed by atoms with van der Waals surface area (Å²) in [5.74, 6) is 1.05. The number of anilines is 1. The van der Waals surface area contributed by atoms with Crippen molar-refractivity contribution in [3.8, 4) is 11.5 Å². The Labute approximate surface area is 128 Å². The summed E-state index contributed by atoms with van der Waals surface area (Å²) in [6, 6.07) is 14.0. The minimum Gasteiger partial charge on any atom is -0.497 e. The second-order valence-corrected chi connectivity index (χ2v) is 4.87. The van der Waals surface area contributed by atoms with Crippen molar-refractivity contribution >= 4 is 23.2 Å². The molecule has 4 nitrogen and oxygen atoms in total. The number of rotatable bonds is 5. The Morgan fingerprint density at radius 2 is 1.86 bits per heavy atom. The number of carbonyl (C=O) groups excluding carboxylic acids is 1. The summed E-state index contributed by atoms with van der Waals surface area (Å²) in [6.07, 6.45) is -0.634. The summed E-state index contributed by atoms with van der Waals surface area (Å²) in [6.45, 7) is 1.68. The summed E-state index contributed by atoms with van der Waals surface area (Å²) in [4.78, 5) is 12.1. The SMILES string of the molecule is COc1ccc(NC(=O)[C@H](C)Oc2cccc(Cl)c2)cc1. The number of methoxy groups -OCH3 is 1. The number of ether oxygens (including phenoxy) is 2. The van der Waals surface area contributed by atoms with Crippen molar-refractivity contribution in [2.75, 3.05) is 12.4 Å². The molecule has 5 heteroatoms. The lowest BCUT2D eigenvalue weighted by molar-refractivity contribution is -0.122. The molecule has 0 aliphatic heterocycles. The fourth-order valence-corrected chi connectivity index (χ4v) is 1.90. The maximum atomic E-state index is 12.1. The lowest BCUT2D eigenvalue weighted by Gasteiger charge is -2.15. The summed E-state index contributed by atoms with van der Waals surface area (Å²) < 4.78 is 10.6. The maximum absolute atomic E-state index is 12.1. The lowest BCUT2D eigenvalue weighted by Crippen LogP contribution is -2.30. The highest BCUT2D eigenvalue weighted by molar-refractivity contribution is 6.30. The predicted molar refractivity (Wildman–Crippen MR) is 83.2 cm³/mol. The van der Waals surface area contributed by atoms with Gasteiger partial charge >= 0.3 is 0 Å². The van der Waals surface area contributed by atoms with Crippen LogP contribution in [-0.4, -0.2) is 19.1 Å². The Hall–Kier alpha value is -2.20. The van der Waals surface area contributed by atoms with Gasteiger partial charge < -0.3 is 14.8 Å². The summed E-state index contributed by atoms with van der Waals surface area (Å²) in [5.41, 5.74) is 0.683. The van der Waals surface area contributed by atoms with Gasteiger partial charge in [0.05, 0.1) is 7.11 Å². The summed E-state index contributed by atoms with van der Waals surface area (Å²) in [7, 11) is 1.59. The van der Waals surface area contributed by atoms with Crippen LogP contribution >= 0.6 is 11.6 Å². The number of benzene rings is 2. The number of hydrogen-bond donors (Lipinski definition) is 1. The average molecular weight is 306 g/mol. The molecule has 0 saturated carbocycles. The number of nitrogens with one attached hydrogen (secondary N) is 1. The molecule has 2 aromatic carbocycles. The fraction of sp³-hybridized carbons (Fsp3) is 0.188. The number of halogens is 1. The third-order valence-corrected chi connectivity index (χ3v) is 3.07. The van der Waals surface area contributed by atoms with E-state index in [4.69, 9.17) is 21.1 Å². The first-order chi connectivity index (χ1) is 10.1. The quantitative estimate of drug-likeness (QED) is 0.915. The summed E-state index contributed by atoms with van der Waals surface area (Å²) in [5, 5.41) is 3.34. The zero-order valence-corrected chi connectivity index (χ0v) is 12.6. The van der Waals surface area contributed by atoms with Crippen LogP contribution in [0.4, 0.5) is 5.69 Å². The van der Waals surface area contributed by atoms with Crippen LogP contribution in [0.15, 0.2) is 48.5 Å². The number of hydrogen-bond acceptors (Lipinski definition) is 3. The molecule has 2 aromatic rings. The third-order valence-electron chi connectivity index (χ3n) is 2.84. The minimum atomic E-state index is -0.634. The predicted octanol–water partition coefficient (Wildman–Crippen LogP) is 3.75. The normalized spacial score (nSPS) is 11.6. The monoisotopic (exact) mass is 305 g/mol. The van der Waals surface area contributed by atoms with E-state index in [1.54, 1.807) is 62.6 Å². The molecule has 21 heavy (non-hydrogen) atoms. The molecular formula is C16H16ClNO3. The highest BCUT2D eigenvalue weighted by atomic mass is 35.5. The second kappa shape index (κ2) is 6.99. The highest BCUT2D eigenvalue weighted by Crippen LogP contribution is 2.19. The van der Waals surface area contributed by atoms with Crippen molar-refractivity contribution in [3.05, 3.63) is 53.6 Å². The first-order valence-corrected chi connectivity index (χ1v) is 6.83. The maximum Gasteiger partial charge on any atom is 0.265 e. The number of amides is 1. The standard InChI is InChI=1S/C16H16ClNO3/c1-11(21-15-5-3-4-12(17)10-15)16(19)18-13-6-8-14(20-2)9-7-13/h3-11H,1-2H3,(H,18,19)/t11-/m0/s1. The molecule has 0 heterocycles. The first-order valence-electron chi connectivity index (χ1n) is 6.45. The van der Waals surface area contributed by atoms with Gasteiger partial charge in [0.25, 0.3) is 5.91 Å². The Bertz CT molecular complexity index is 613. The molecule has 0 spiro atoms. The van der Waals surface area contributed by atoms with E-state index in [1.807, 2.05) is 0 Å². The van der Waals surface area contributed by atoms with Crippen LogP contribution in [0, 0.1) is 0 Å². The molecule has 0 unspecified atom stereocenters. The molecule has 0 aromatic heterocycles. The topological polar surface area (TPSA) is 47.6 Å². The van der Waals surface area contributed by atoms with E-state index in [1.165, 1.54) is 0 Å². The van der Waals surface area contributed by atoms with E-state index in [0.29, 0.717) is 16.5 Å². The molecule has 0 bridgehead atoms. The molecule has 0 saturated heterocycles. The van der Waals surface area contributed by atoms with E-state index in [2.05, 4.69) is 5.32 Å². The highest BCUT2D eigenvalue weighted by Gasteiger charge is 2.15. The Morgan fingerprint density at radius 1 is 1.14 bits per heavy atom. The Balaban J connectivity index is 1.95. The third kappa shape index (κ3) is 4.39. The van der Waals surface area contributed by atoms with E-state index in [9.17, 15) is 4.79 Å².